The van der Waals surface area contributed by atoms with Crippen molar-refractivity contribution < 1.29 is 13.2 Å². The summed E-state index contributed by atoms with van der Waals surface area (Å²) in [5, 5.41) is 4.95. The molecule has 6 nitrogen and oxygen atoms in total. The van der Waals surface area contributed by atoms with Crippen molar-refractivity contribution in [3.8, 4) is 0 Å². The van der Waals surface area contributed by atoms with E-state index in [1.807, 2.05) is 18.2 Å². The van der Waals surface area contributed by atoms with Crippen LogP contribution in [0, 0.1) is 0 Å². The quantitative estimate of drug-likeness (QED) is 0.795. The molecule has 2 aromatic rings. The lowest BCUT2D eigenvalue weighted by molar-refractivity contribution is 0.0662. The fourth-order valence-electron chi connectivity index (χ4n) is 3.81. The second-order valence-electron chi connectivity index (χ2n) is 6.83. The molecule has 3 heterocycles. The third-order valence-electron chi connectivity index (χ3n) is 5.19. The van der Waals surface area contributed by atoms with E-state index in [0.717, 1.165) is 31.2 Å². The van der Waals surface area contributed by atoms with Crippen LogP contribution in [-0.4, -0.2) is 42.3 Å². The summed E-state index contributed by atoms with van der Waals surface area (Å²) in [5.41, 5.74) is 0.940. The van der Waals surface area contributed by atoms with Crippen LogP contribution in [0.1, 0.15) is 43.3 Å². The third-order valence-corrected chi connectivity index (χ3v) is 7.28. The molecule has 0 unspecified atom stereocenters. The van der Waals surface area contributed by atoms with E-state index in [4.69, 9.17) is 16.3 Å². The fourth-order valence-corrected chi connectivity index (χ4v) is 5.64. The summed E-state index contributed by atoms with van der Waals surface area (Å²) in [7, 11) is -3.59. The lowest BCUT2D eigenvalue weighted by atomic mass is 10.1. The Morgan fingerprint density at radius 3 is 2.77 bits per heavy atom. The summed E-state index contributed by atoms with van der Waals surface area (Å²) in [6, 6.07) is 7.49. The van der Waals surface area contributed by atoms with Crippen molar-refractivity contribution in [3.63, 3.8) is 0 Å². The minimum atomic E-state index is -3.59. The van der Waals surface area contributed by atoms with Crippen molar-refractivity contribution in [1.29, 1.82) is 0 Å². The zero-order chi connectivity index (χ0) is 18.1. The number of halogens is 1. The first-order valence-electron chi connectivity index (χ1n) is 8.95. The largest absolute Gasteiger partial charge is 0.381 e. The van der Waals surface area contributed by atoms with Crippen LogP contribution in [0.15, 0.2) is 41.6 Å². The number of benzene rings is 1. The Kier molecular flexibility index (Phi) is 5.05. The molecule has 2 aliphatic heterocycles. The third kappa shape index (κ3) is 3.41. The highest BCUT2D eigenvalue weighted by Gasteiger charge is 2.37. The van der Waals surface area contributed by atoms with Crippen LogP contribution in [0.2, 0.25) is 5.02 Å². The Bertz CT molecular complexity index is 877. The second kappa shape index (κ2) is 7.31. The van der Waals surface area contributed by atoms with Crippen LogP contribution >= 0.6 is 11.6 Å². The van der Waals surface area contributed by atoms with Gasteiger partial charge in [-0.1, -0.05) is 23.7 Å². The molecule has 2 fully saturated rings. The van der Waals surface area contributed by atoms with Crippen molar-refractivity contribution in [2.45, 2.75) is 42.7 Å². The van der Waals surface area contributed by atoms with E-state index in [9.17, 15) is 8.42 Å². The van der Waals surface area contributed by atoms with Gasteiger partial charge in [0.1, 0.15) is 4.90 Å². The number of sulfonamides is 1. The van der Waals surface area contributed by atoms with E-state index in [2.05, 4.69) is 5.10 Å². The predicted molar refractivity (Wildman–Crippen MR) is 98.6 cm³/mol. The molecule has 0 amide bonds. The lowest BCUT2D eigenvalue weighted by Gasteiger charge is -2.24. The lowest BCUT2D eigenvalue weighted by Crippen LogP contribution is -2.30. The molecule has 0 N–H and O–H groups in total. The van der Waals surface area contributed by atoms with Crippen LogP contribution in [0.25, 0.3) is 0 Å². The van der Waals surface area contributed by atoms with E-state index in [-0.39, 0.29) is 17.0 Å². The maximum absolute atomic E-state index is 13.2. The minimum absolute atomic E-state index is 0.176. The first-order valence-corrected chi connectivity index (χ1v) is 10.8. The maximum Gasteiger partial charge on any atom is 0.246 e. The average Bonchev–Trinajstić information content (AvgIpc) is 3.33. The molecule has 4 rings (SSSR count). The van der Waals surface area contributed by atoms with Gasteiger partial charge >= 0.3 is 0 Å². The summed E-state index contributed by atoms with van der Waals surface area (Å²) < 4.78 is 35.2. The van der Waals surface area contributed by atoms with Crippen LogP contribution in [0.5, 0.6) is 0 Å². The number of hydrogen-bond acceptors (Lipinski definition) is 4. The molecular weight excluding hydrogens is 374 g/mol. The first-order chi connectivity index (χ1) is 12.6. The highest BCUT2D eigenvalue weighted by Crippen LogP contribution is 2.37. The summed E-state index contributed by atoms with van der Waals surface area (Å²) in [6.45, 7) is 1.90. The molecule has 8 heteroatoms. The van der Waals surface area contributed by atoms with Gasteiger partial charge in [0.2, 0.25) is 10.0 Å². The minimum Gasteiger partial charge on any atom is -0.381 e. The Balaban J connectivity index is 1.60. The van der Waals surface area contributed by atoms with Crippen molar-refractivity contribution in [2.75, 3.05) is 19.8 Å². The van der Waals surface area contributed by atoms with E-state index in [1.54, 1.807) is 21.3 Å². The summed E-state index contributed by atoms with van der Waals surface area (Å²) in [6.07, 6.45) is 6.49. The molecule has 0 radical (unpaired) electrons. The topological polar surface area (TPSA) is 64.4 Å². The Labute approximate surface area is 158 Å². The van der Waals surface area contributed by atoms with Gasteiger partial charge in [-0.15, -0.1) is 0 Å². The first kappa shape index (κ1) is 18.0. The monoisotopic (exact) mass is 395 g/mol. The van der Waals surface area contributed by atoms with Crippen molar-refractivity contribution in [2.24, 2.45) is 0 Å². The standard InChI is InChI=1S/C18H22ClN3O3S/c19-15-4-1-3-14(11-15)18-5-2-8-22(18)26(23,24)17-12-20-21(13-17)16-6-9-25-10-7-16/h1,3-4,11-13,16,18H,2,5-10H2/t18-/m1/s1. The van der Waals surface area contributed by atoms with Crippen molar-refractivity contribution >= 4 is 21.6 Å². The highest BCUT2D eigenvalue weighted by atomic mass is 35.5. The van der Waals surface area contributed by atoms with E-state index in [0.29, 0.717) is 24.8 Å². The molecule has 1 atom stereocenters. The van der Waals surface area contributed by atoms with Crippen LogP contribution < -0.4 is 0 Å². The van der Waals surface area contributed by atoms with Gasteiger partial charge in [-0.05, 0) is 43.4 Å². The molecule has 1 aromatic heterocycles. The molecule has 1 aromatic carbocycles. The van der Waals surface area contributed by atoms with Crippen LogP contribution in [-0.2, 0) is 14.8 Å². The van der Waals surface area contributed by atoms with Gasteiger partial charge in [-0.3, -0.25) is 4.68 Å². The van der Waals surface area contributed by atoms with Gasteiger partial charge in [0, 0.05) is 31.0 Å². The smallest absolute Gasteiger partial charge is 0.246 e. The summed E-state index contributed by atoms with van der Waals surface area (Å²) in [4.78, 5) is 0.262. The average molecular weight is 396 g/mol. The molecular formula is C18H22ClN3O3S. The van der Waals surface area contributed by atoms with Gasteiger partial charge in [0.05, 0.1) is 18.3 Å². The van der Waals surface area contributed by atoms with Gasteiger partial charge in [0.25, 0.3) is 0 Å². The Morgan fingerprint density at radius 2 is 2.00 bits per heavy atom. The number of nitrogens with zero attached hydrogens (tertiary/aromatic N) is 3. The molecule has 26 heavy (non-hydrogen) atoms. The van der Waals surface area contributed by atoms with Gasteiger partial charge in [-0.2, -0.15) is 9.40 Å². The molecule has 0 aliphatic carbocycles. The predicted octanol–water partition coefficient (Wildman–Crippen LogP) is 3.41. The van der Waals surface area contributed by atoms with E-state index < -0.39 is 10.0 Å². The SMILES string of the molecule is O=S(=O)(c1cnn(C2CCOCC2)c1)N1CCC[C@@H]1c1cccc(Cl)c1. The summed E-state index contributed by atoms with van der Waals surface area (Å²) >= 11 is 6.10. The van der Waals surface area contributed by atoms with Gasteiger partial charge < -0.3 is 4.74 Å². The van der Waals surface area contributed by atoms with E-state index in [1.165, 1.54) is 6.20 Å². The van der Waals surface area contributed by atoms with E-state index >= 15 is 0 Å². The Hall–Kier alpha value is -1.41. The normalized spacial score (nSPS) is 22.7. The second-order valence-corrected chi connectivity index (χ2v) is 9.16. The molecule has 0 spiro atoms. The number of ether oxygens (including phenoxy) is 1. The molecule has 0 saturated carbocycles. The molecule has 2 aliphatic rings. The molecule has 140 valence electrons. The van der Waals surface area contributed by atoms with Crippen molar-refractivity contribution in [3.05, 3.63) is 47.2 Å². The zero-order valence-electron chi connectivity index (χ0n) is 14.4. The zero-order valence-corrected chi connectivity index (χ0v) is 16.0. The van der Waals surface area contributed by atoms with Gasteiger partial charge in [-0.25, -0.2) is 8.42 Å². The highest BCUT2D eigenvalue weighted by molar-refractivity contribution is 7.89. The Morgan fingerprint density at radius 1 is 1.19 bits per heavy atom. The van der Waals surface area contributed by atoms with Gasteiger partial charge in [0.15, 0.2) is 0 Å². The molecule has 0 bridgehead atoms. The number of rotatable bonds is 4. The molecule has 2 saturated heterocycles. The maximum atomic E-state index is 13.2. The fraction of sp³-hybridized carbons (Fsp3) is 0.500. The van der Waals surface area contributed by atoms with Crippen LogP contribution in [0.3, 0.4) is 0 Å². The number of hydrogen-bond donors (Lipinski definition) is 0. The van der Waals surface area contributed by atoms with Crippen molar-refractivity contribution in [1.82, 2.24) is 14.1 Å². The number of aromatic nitrogens is 2. The van der Waals surface area contributed by atoms with Crippen LogP contribution in [0.4, 0.5) is 0 Å². The summed E-state index contributed by atoms with van der Waals surface area (Å²) in [5.74, 6) is 0.